The average Bonchev–Trinajstić information content (AvgIpc) is 2.49. The van der Waals surface area contributed by atoms with Crippen LogP contribution in [0.25, 0.3) is 0 Å². The van der Waals surface area contributed by atoms with Gasteiger partial charge < -0.3 is 5.32 Å². The Labute approximate surface area is 128 Å². The number of hydrogen-bond donors (Lipinski definition) is 1. The molecule has 0 radical (unpaired) electrons. The zero-order valence-electron chi connectivity index (χ0n) is 11.3. The largest absolute Gasteiger partial charge is 0.325 e. The van der Waals surface area contributed by atoms with Gasteiger partial charge in [0.15, 0.2) is 0 Å². The van der Waals surface area contributed by atoms with Gasteiger partial charge in [-0.1, -0.05) is 30.3 Å². The average molecular weight is 303 g/mol. The molecule has 0 atom stereocenters. The number of hydrogen-bond acceptors (Lipinski definition) is 3. The maximum Gasteiger partial charge on any atom is 0.234 e. The van der Waals surface area contributed by atoms with E-state index in [1.807, 2.05) is 48.7 Å². The van der Waals surface area contributed by atoms with Crippen molar-refractivity contribution in [2.45, 2.75) is 10.6 Å². The lowest BCUT2D eigenvalue weighted by Crippen LogP contribution is -2.14. The molecule has 1 amide bonds. The van der Waals surface area contributed by atoms with Crippen LogP contribution in [-0.4, -0.2) is 17.9 Å². The van der Waals surface area contributed by atoms with Crippen LogP contribution in [0, 0.1) is 0 Å². The van der Waals surface area contributed by atoms with E-state index in [1.54, 1.807) is 23.5 Å². The minimum absolute atomic E-state index is 0.0443. The Balaban J connectivity index is 1.74. The molecule has 0 spiro atoms. The number of carbonyl (C=O) groups is 1. The Kier molecular flexibility index (Phi) is 6.02. The van der Waals surface area contributed by atoms with Gasteiger partial charge in [-0.25, -0.2) is 0 Å². The summed E-state index contributed by atoms with van der Waals surface area (Å²) in [5, 5.41) is 2.91. The van der Waals surface area contributed by atoms with Crippen LogP contribution in [0.4, 0.5) is 5.69 Å². The van der Waals surface area contributed by atoms with Crippen LogP contribution in [0.15, 0.2) is 59.5 Å². The molecule has 0 aliphatic heterocycles. The first-order valence-electron chi connectivity index (χ1n) is 6.33. The molecule has 2 nitrogen and oxygen atoms in total. The van der Waals surface area contributed by atoms with Gasteiger partial charge in [0, 0.05) is 16.3 Å². The molecule has 4 heteroatoms. The van der Waals surface area contributed by atoms with Crippen LogP contribution < -0.4 is 5.32 Å². The lowest BCUT2D eigenvalue weighted by Gasteiger charge is -2.06. The highest BCUT2D eigenvalue weighted by atomic mass is 32.2. The fourth-order valence-electron chi connectivity index (χ4n) is 1.71. The van der Waals surface area contributed by atoms with Crippen LogP contribution in [0.1, 0.15) is 5.56 Å². The predicted octanol–water partition coefficient (Wildman–Crippen LogP) is 4.28. The SMILES string of the molecule is CSc1ccc(NC(=O)CSCc2ccccc2)cc1. The molecule has 0 saturated carbocycles. The Morgan fingerprint density at radius 1 is 1.05 bits per heavy atom. The van der Waals surface area contributed by atoms with E-state index in [0.29, 0.717) is 5.75 Å². The summed E-state index contributed by atoms with van der Waals surface area (Å²) >= 11 is 3.32. The van der Waals surface area contributed by atoms with Gasteiger partial charge in [-0.15, -0.1) is 23.5 Å². The molecule has 0 unspecified atom stereocenters. The van der Waals surface area contributed by atoms with Gasteiger partial charge in [0.05, 0.1) is 5.75 Å². The normalized spacial score (nSPS) is 10.2. The van der Waals surface area contributed by atoms with E-state index in [2.05, 4.69) is 17.4 Å². The Bertz CT molecular complexity index is 540. The van der Waals surface area contributed by atoms with Crippen molar-refractivity contribution in [1.82, 2.24) is 0 Å². The molecule has 0 fully saturated rings. The highest BCUT2D eigenvalue weighted by molar-refractivity contribution is 7.99. The molecule has 0 heterocycles. The Hall–Kier alpha value is -1.39. The molecular formula is C16H17NOS2. The molecule has 104 valence electrons. The quantitative estimate of drug-likeness (QED) is 0.808. The van der Waals surface area contributed by atoms with Crippen LogP contribution in [0.5, 0.6) is 0 Å². The van der Waals surface area contributed by atoms with Crippen molar-refractivity contribution in [2.24, 2.45) is 0 Å². The molecule has 0 saturated heterocycles. The first kappa shape index (κ1) is 15.0. The van der Waals surface area contributed by atoms with Crippen molar-refractivity contribution in [2.75, 3.05) is 17.3 Å². The molecule has 0 bridgehead atoms. The highest BCUT2D eigenvalue weighted by Gasteiger charge is 2.03. The number of anilines is 1. The maximum absolute atomic E-state index is 11.8. The molecule has 0 aromatic heterocycles. The zero-order valence-corrected chi connectivity index (χ0v) is 13.0. The van der Waals surface area contributed by atoms with Crippen molar-refractivity contribution in [3.05, 3.63) is 60.2 Å². The molecule has 0 aliphatic rings. The summed E-state index contributed by atoms with van der Waals surface area (Å²) in [6.45, 7) is 0. The van der Waals surface area contributed by atoms with E-state index in [-0.39, 0.29) is 5.91 Å². The number of carbonyl (C=O) groups excluding carboxylic acids is 1. The van der Waals surface area contributed by atoms with Crippen LogP contribution >= 0.6 is 23.5 Å². The summed E-state index contributed by atoms with van der Waals surface area (Å²) in [7, 11) is 0. The van der Waals surface area contributed by atoms with E-state index in [9.17, 15) is 4.79 Å². The molecule has 20 heavy (non-hydrogen) atoms. The van der Waals surface area contributed by atoms with Gasteiger partial charge >= 0.3 is 0 Å². The summed E-state index contributed by atoms with van der Waals surface area (Å²) in [4.78, 5) is 13.0. The summed E-state index contributed by atoms with van der Waals surface area (Å²) < 4.78 is 0. The van der Waals surface area contributed by atoms with Gasteiger partial charge in [0.1, 0.15) is 0 Å². The maximum atomic E-state index is 11.8. The Morgan fingerprint density at radius 3 is 2.40 bits per heavy atom. The van der Waals surface area contributed by atoms with Crippen LogP contribution in [-0.2, 0) is 10.5 Å². The van der Waals surface area contributed by atoms with Gasteiger partial charge in [-0.3, -0.25) is 4.79 Å². The van der Waals surface area contributed by atoms with Gasteiger partial charge in [0.2, 0.25) is 5.91 Å². The molecule has 0 aliphatic carbocycles. The highest BCUT2D eigenvalue weighted by Crippen LogP contribution is 2.18. The fourth-order valence-corrected chi connectivity index (χ4v) is 2.90. The number of amides is 1. The number of rotatable bonds is 6. The Morgan fingerprint density at radius 2 is 1.75 bits per heavy atom. The van der Waals surface area contributed by atoms with Crippen molar-refractivity contribution in [3.63, 3.8) is 0 Å². The van der Waals surface area contributed by atoms with Gasteiger partial charge in [0.25, 0.3) is 0 Å². The van der Waals surface area contributed by atoms with Crippen LogP contribution in [0.3, 0.4) is 0 Å². The topological polar surface area (TPSA) is 29.1 Å². The predicted molar refractivity (Wildman–Crippen MR) is 89.5 cm³/mol. The molecular weight excluding hydrogens is 286 g/mol. The van der Waals surface area contributed by atoms with Crippen molar-refractivity contribution >= 4 is 35.1 Å². The first-order valence-corrected chi connectivity index (χ1v) is 8.71. The van der Waals surface area contributed by atoms with E-state index in [4.69, 9.17) is 0 Å². The van der Waals surface area contributed by atoms with Crippen molar-refractivity contribution in [3.8, 4) is 0 Å². The number of benzene rings is 2. The second kappa shape index (κ2) is 8.02. The first-order chi connectivity index (χ1) is 9.78. The van der Waals surface area contributed by atoms with Gasteiger partial charge in [-0.05, 0) is 36.1 Å². The summed E-state index contributed by atoms with van der Waals surface area (Å²) in [6.07, 6.45) is 2.04. The summed E-state index contributed by atoms with van der Waals surface area (Å²) in [5.41, 5.74) is 2.10. The van der Waals surface area contributed by atoms with E-state index in [0.717, 1.165) is 11.4 Å². The minimum atomic E-state index is 0.0443. The molecule has 2 aromatic carbocycles. The van der Waals surface area contributed by atoms with Gasteiger partial charge in [-0.2, -0.15) is 0 Å². The van der Waals surface area contributed by atoms with Crippen molar-refractivity contribution in [1.29, 1.82) is 0 Å². The fraction of sp³-hybridized carbons (Fsp3) is 0.188. The van der Waals surface area contributed by atoms with E-state index >= 15 is 0 Å². The molecule has 1 N–H and O–H groups in total. The standard InChI is InChI=1S/C16H17NOS2/c1-19-15-9-7-14(8-10-15)17-16(18)12-20-11-13-5-3-2-4-6-13/h2-10H,11-12H2,1H3,(H,17,18). The third kappa shape index (κ3) is 4.94. The molecule has 2 rings (SSSR count). The lowest BCUT2D eigenvalue weighted by atomic mass is 10.2. The monoisotopic (exact) mass is 303 g/mol. The van der Waals surface area contributed by atoms with Crippen molar-refractivity contribution < 1.29 is 4.79 Å². The van der Waals surface area contributed by atoms with Crippen LogP contribution in [0.2, 0.25) is 0 Å². The number of thioether (sulfide) groups is 2. The van der Waals surface area contributed by atoms with E-state index in [1.165, 1.54) is 10.5 Å². The minimum Gasteiger partial charge on any atom is -0.325 e. The zero-order chi connectivity index (χ0) is 14.2. The number of nitrogens with one attached hydrogen (secondary N) is 1. The lowest BCUT2D eigenvalue weighted by molar-refractivity contribution is -0.113. The molecule has 2 aromatic rings. The summed E-state index contributed by atoms with van der Waals surface area (Å²) in [6, 6.07) is 18.1. The third-order valence-corrected chi connectivity index (χ3v) is 4.47. The van der Waals surface area contributed by atoms with E-state index < -0.39 is 0 Å². The smallest absolute Gasteiger partial charge is 0.234 e. The second-order valence-corrected chi connectivity index (χ2v) is 6.12. The second-order valence-electron chi connectivity index (χ2n) is 4.26. The third-order valence-electron chi connectivity index (χ3n) is 2.72. The summed E-state index contributed by atoms with van der Waals surface area (Å²) in [5.74, 6) is 1.38.